The summed E-state index contributed by atoms with van der Waals surface area (Å²) in [5.74, 6) is 0. The lowest BCUT2D eigenvalue weighted by atomic mass is 10.2. The molecular formula is C8H11N3. The van der Waals surface area contributed by atoms with E-state index in [1.807, 2.05) is 37.3 Å². The summed E-state index contributed by atoms with van der Waals surface area (Å²) in [4.78, 5) is 1.87. The molecule has 1 aliphatic rings. The Bertz CT molecular complexity index is 234. The van der Waals surface area contributed by atoms with E-state index in [1.165, 1.54) is 0 Å². The molecule has 0 bridgehead atoms. The van der Waals surface area contributed by atoms with Gasteiger partial charge in [0, 0.05) is 26.0 Å². The number of hydrogen-bond donors (Lipinski definition) is 1. The summed E-state index contributed by atoms with van der Waals surface area (Å²) in [5, 5.41) is 11.6. The summed E-state index contributed by atoms with van der Waals surface area (Å²) in [6.07, 6.45) is 5.69. The number of nitriles is 1. The first kappa shape index (κ1) is 7.67. The first-order valence-electron chi connectivity index (χ1n) is 3.47. The van der Waals surface area contributed by atoms with Crippen molar-refractivity contribution in [1.82, 2.24) is 10.2 Å². The standard InChI is InChI=1S/C8H11N3/c1-10-7-3-4-8(5-9)11(2)6-7/h3-4,6,8,10H,1-2H3. The third kappa shape index (κ3) is 1.53. The van der Waals surface area contributed by atoms with Crippen LogP contribution in [0.5, 0.6) is 0 Å². The van der Waals surface area contributed by atoms with Crippen LogP contribution in [0.2, 0.25) is 0 Å². The zero-order valence-corrected chi connectivity index (χ0v) is 6.70. The van der Waals surface area contributed by atoms with E-state index in [-0.39, 0.29) is 6.04 Å². The average molecular weight is 149 g/mol. The fourth-order valence-corrected chi connectivity index (χ4v) is 0.955. The smallest absolute Gasteiger partial charge is 0.135 e. The number of nitrogens with zero attached hydrogens (tertiary/aromatic N) is 2. The van der Waals surface area contributed by atoms with Crippen LogP contribution < -0.4 is 5.32 Å². The molecule has 0 aromatic rings. The van der Waals surface area contributed by atoms with Crippen LogP contribution in [-0.4, -0.2) is 25.0 Å². The monoisotopic (exact) mass is 149 g/mol. The fraction of sp³-hybridized carbons (Fsp3) is 0.375. The van der Waals surface area contributed by atoms with Gasteiger partial charge in [0.15, 0.2) is 0 Å². The van der Waals surface area contributed by atoms with Gasteiger partial charge in [0.1, 0.15) is 6.04 Å². The van der Waals surface area contributed by atoms with Crippen LogP contribution >= 0.6 is 0 Å². The van der Waals surface area contributed by atoms with E-state index < -0.39 is 0 Å². The molecule has 0 aromatic heterocycles. The molecular weight excluding hydrogens is 138 g/mol. The lowest BCUT2D eigenvalue weighted by molar-refractivity contribution is 0.433. The van der Waals surface area contributed by atoms with Crippen molar-refractivity contribution in [2.24, 2.45) is 0 Å². The van der Waals surface area contributed by atoms with Gasteiger partial charge in [-0.15, -0.1) is 0 Å². The highest BCUT2D eigenvalue weighted by Crippen LogP contribution is 2.08. The molecule has 0 amide bonds. The van der Waals surface area contributed by atoms with Crippen LogP contribution in [0.4, 0.5) is 0 Å². The molecule has 0 saturated carbocycles. The Morgan fingerprint density at radius 3 is 2.91 bits per heavy atom. The largest absolute Gasteiger partial charge is 0.387 e. The van der Waals surface area contributed by atoms with Crippen molar-refractivity contribution < 1.29 is 0 Å². The molecule has 0 spiro atoms. The average Bonchev–Trinajstić information content (AvgIpc) is 2.04. The summed E-state index contributed by atoms with van der Waals surface area (Å²) in [7, 11) is 3.74. The minimum absolute atomic E-state index is 0.118. The SMILES string of the molecule is CNC1=CN(C)C(C#N)C=C1. The van der Waals surface area contributed by atoms with Crippen LogP contribution in [0, 0.1) is 11.3 Å². The van der Waals surface area contributed by atoms with Crippen molar-refractivity contribution >= 4 is 0 Å². The van der Waals surface area contributed by atoms with E-state index in [9.17, 15) is 0 Å². The topological polar surface area (TPSA) is 39.1 Å². The molecule has 1 N–H and O–H groups in total. The number of allylic oxidation sites excluding steroid dienone is 1. The second-order valence-electron chi connectivity index (χ2n) is 2.43. The first-order valence-corrected chi connectivity index (χ1v) is 3.47. The molecule has 1 atom stereocenters. The van der Waals surface area contributed by atoms with Gasteiger partial charge in [-0.2, -0.15) is 5.26 Å². The molecule has 0 aromatic carbocycles. The molecule has 3 nitrogen and oxygen atoms in total. The van der Waals surface area contributed by atoms with E-state index in [0.717, 1.165) is 5.70 Å². The van der Waals surface area contributed by atoms with Gasteiger partial charge in [-0.25, -0.2) is 0 Å². The summed E-state index contributed by atoms with van der Waals surface area (Å²) >= 11 is 0. The highest BCUT2D eigenvalue weighted by molar-refractivity contribution is 5.26. The Balaban J connectivity index is 2.73. The maximum atomic E-state index is 8.63. The Morgan fingerprint density at radius 2 is 2.45 bits per heavy atom. The second kappa shape index (κ2) is 3.11. The number of hydrogen-bond acceptors (Lipinski definition) is 3. The predicted octanol–water partition coefficient (Wildman–Crippen LogP) is 0.441. The van der Waals surface area contributed by atoms with Gasteiger partial charge in [0.05, 0.1) is 6.07 Å². The van der Waals surface area contributed by atoms with E-state index >= 15 is 0 Å². The molecule has 0 aliphatic carbocycles. The molecule has 0 fully saturated rings. The quantitative estimate of drug-likeness (QED) is 0.588. The molecule has 0 radical (unpaired) electrons. The maximum Gasteiger partial charge on any atom is 0.135 e. The lowest BCUT2D eigenvalue weighted by Crippen LogP contribution is -2.27. The highest BCUT2D eigenvalue weighted by atomic mass is 15.1. The van der Waals surface area contributed by atoms with E-state index in [2.05, 4.69) is 11.4 Å². The van der Waals surface area contributed by atoms with Gasteiger partial charge in [-0.3, -0.25) is 0 Å². The minimum Gasteiger partial charge on any atom is -0.387 e. The summed E-state index contributed by atoms with van der Waals surface area (Å²) in [6.45, 7) is 0. The van der Waals surface area contributed by atoms with Crippen molar-refractivity contribution in [1.29, 1.82) is 5.26 Å². The first-order chi connectivity index (χ1) is 5.27. The molecule has 0 saturated heterocycles. The molecule has 3 heteroatoms. The second-order valence-corrected chi connectivity index (χ2v) is 2.43. The van der Waals surface area contributed by atoms with Gasteiger partial charge in [-0.05, 0) is 12.2 Å². The summed E-state index contributed by atoms with van der Waals surface area (Å²) in [6, 6.07) is 2.05. The Hall–Kier alpha value is -1.43. The van der Waals surface area contributed by atoms with Crippen molar-refractivity contribution in [3.8, 4) is 6.07 Å². The molecule has 58 valence electrons. The Labute approximate surface area is 66.6 Å². The van der Waals surface area contributed by atoms with Crippen LogP contribution in [0.15, 0.2) is 24.0 Å². The van der Waals surface area contributed by atoms with Crippen molar-refractivity contribution in [3.05, 3.63) is 24.0 Å². The Morgan fingerprint density at radius 1 is 1.73 bits per heavy atom. The molecule has 1 rings (SSSR count). The zero-order valence-electron chi connectivity index (χ0n) is 6.70. The van der Waals surface area contributed by atoms with E-state index in [1.54, 1.807) is 0 Å². The van der Waals surface area contributed by atoms with Crippen molar-refractivity contribution in [3.63, 3.8) is 0 Å². The highest BCUT2D eigenvalue weighted by Gasteiger charge is 2.10. The third-order valence-electron chi connectivity index (χ3n) is 1.66. The summed E-state index contributed by atoms with van der Waals surface area (Å²) < 4.78 is 0. The van der Waals surface area contributed by atoms with Gasteiger partial charge in [-0.1, -0.05) is 0 Å². The number of nitrogens with one attached hydrogen (secondary N) is 1. The third-order valence-corrected chi connectivity index (χ3v) is 1.66. The summed E-state index contributed by atoms with van der Waals surface area (Å²) in [5.41, 5.74) is 1.03. The van der Waals surface area contributed by atoms with Crippen LogP contribution in [0.3, 0.4) is 0 Å². The lowest BCUT2D eigenvalue weighted by Gasteiger charge is -2.22. The minimum atomic E-state index is -0.118. The van der Waals surface area contributed by atoms with E-state index in [0.29, 0.717) is 0 Å². The van der Waals surface area contributed by atoms with E-state index in [4.69, 9.17) is 5.26 Å². The number of rotatable bonds is 1. The van der Waals surface area contributed by atoms with Gasteiger partial charge >= 0.3 is 0 Å². The zero-order chi connectivity index (χ0) is 8.27. The van der Waals surface area contributed by atoms with Crippen molar-refractivity contribution in [2.75, 3.05) is 14.1 Å². The van der Waals surface area contributed by atoms with Gasteiger partial charge in [0.2, 0.25) is 0 Å². The fourth-order valence-electron chi connectivity index (χ4n) is 0.955. The van der Waals surface area contributed by atoms with Gasteiger partial charge < -0.3 is 10.2 Å². The Kier molecular flexibility index (Phi) is 2.17. The van der Waals surface area contributed by atoms with Gasteiger partial charge in [0.25, 0.3) is 0 Å². The normalized spacial score (nSPS) is 22.5. The van der Waals surface area contributed by atoms with Crippen LogP contribution in [-0.2, 0) is 0 Å². The number of likely N-dealkylation sites (N-methyl/N-ethyl adjacent to an activating group) is 2. The maximum absolute atomic E-state index is 8.63. The molecule has 11 heavy (non-hydrogen) atoms. The molecule has 1 aliphatic heterocycles. The van der Waals surface area contributed by atoms with Crippen LogP contribution in [0.1, 0.15) is 0 Å². The predicted molar refractivity (Wildman–Crippen MR) is 43.4 cm³/mol. The van der Waals surface area contributed by atoms with Crippen molar-refractivity contribution in [2.45, 2.75) is 6.04 Å². The molecule has 1 heterocycles. The molecule has 1 unspecified atom stereocenters. The van der Waals surface area contributed by atoms with Crippen LogP contribution in [0.25, 0.3) is 0 Å².